The molecule has 2 aromatic carbocycles. The first-order chi connectivity index (χ1) is 9.49. The minimum atomic E-state index is -1.21. The highest BCUT2D eigenvalue weighted by atomic mass is 19.1. The third kappa shape index (κ3) is 2.93. The van der Waals surface area contributed by atoms with Gasteiger partial charge in [0.15, 0.2) is 11.6 Å². The Morgan fingerprint density at radius 3 is 2.65 bits per heavy atom. The Kier molecular flexibility index (Phi) is 3.98. The second-order valence-corrected chi connectivity index (χ2v) is 4.29. The first kappa shape index (κ1) is 14.0. The number of ether oxygens (including phenoxy) is 1. The van der Waals surface area contributed by atoms with Gasteiger partial charge in [-0.25, -0.2) is 13.6 Å². The molecule has 104 valence electrons. The van der Waals surface area contributed by atoms with Crippen molar-refractivity contribution in [3.63, 3.8) is 0 Å². The number of aromatic carboxylic acids is 1. The van der Waals surface area contributed by atoms with E-state index in [1.165, 1.54) is 18.2 Å². The summed E-state index contributed by atoms with van der Waals surface area (Å²) in [6.07, 6.45) is 0. The number of hydrogen-bond donors (Lipinski definition) is 1. The minimum Gasteiger partial charge on any atom is -0.486 e. The molecule has 20 heavy (non-hydrogen) atoms. The topological polar surface area (TPSA) is 46.5 Å². The van der Waals surface area contributed by atoms with Crippen LogP contribution in [0.1, 0.15) is 21.5 Å². The summed E-state index contributed by atoms with van der Waals surface area (Å²) in [7, 11) is 0. The Balaban J connectivity index is 2.15. The Morgan fingerprint density at radius 2 is 2.00 bits per heavy atom. The molecule has 0 aromatic heterocycles. The van der Waals surface area contributed by atoms with E-state index in [1.54, 1.807) is 19.1 Å². The molecule has 0 aliphatic carbocycles. The molecule has 5 heteroatoms. The first-order valence-corrected chi connectivity index (χ1v) is 5.88. The molecule has 0 atom stereocenters. The van der Waals surface area contributed by atoms with Gasteiger partial charge in [-0.15, -0.1) is 0 Å². The quantitative estimate of drug-likeness (QED) is 0.930. The fraction of sp³-hybridized carbons (Fsp3) is 0.133. The van der Waals surface area contributed by atoms with Gasteiger partial charge in [0, 0.05) is 5.56 Å². The average Bonchev–Trinajstić information content (AvgIpc) is 2.41. The minimum absolute atomic E-state index is 0.0340. The van der Waals surface area contributed by atoms with Crippen LogP contribution in [0, 0.1) is 18.6 Å². The highest BCUT2D eigenvalue weighted by Gasteiger charge is 2.10. The fourth-order valence-corrected chi connectivity index (χ4v) is 1.68. The zero-order chi connectivity index (χ0) is 14.7. The SMILES string of the molecule is Cc1cccc(OCc2ccc(C(=O)O)cc2F)c1F. The number of aryl methyl sites for hydroxylation is 1. The molecule has 0 heterocycles. The molecule has 0 aliphatic rings. The lowest BCUT2D eigenvalue weighted by Gasteiger charge is -2.09. The first-order valence-electron chi connectivity index (χ1n) is 5.88. The second kappa shape index (κ2) is 5.69. The molecular formula is C15H12F2O3. The Bertz CT molecular complexity index is 654. The van der Waals surface area contributed by atoms with Gasteiger partial charge in [0.2, 0.25) is 0 Å². The summed E-state index contributed by atoms with van der Waals surface area (Å²) in [6.45, 7) is 1.43. The third-order valence-electron chi connectivity index (χ3n) is 2.84. The molecular weight excluding hydrogens is 266 g/mol. The summed E-state index contributed by atoms with van der Waals surface area (Å²) in [6, 6.07) is 8.19. The predicted octanol–water partition coefficient (Wildman–Crippen LogP) is 3.55. The van der Waals surface area contributed by atoms with Crippen molar-refractivity contribution in [1.29, 1.82) is 0 Å². The number of rotatable bonds is 4. The molecule has 2 aromatic rings. The summed E-state index contributed by atoms with van der Waals surface area (Å²) < 4.78 is 32.6. The number of carboxylic acids is 1. The van der Waals surface area contributed by atoms with Crippen molar-refractivity contribution in [2.24, 2.45) is 0 Å². The molecule has 0 unspecified atom stereocenters. The van der Waals surface area contributed by atoms with Crippen LogP contribution < -0.4 is 4.74 Å². The Hall–Kier alpha value is -2.43. The summed E-state index contributed by atoms with van der Waals surface area (Å²) >= 11 is 0. The lowest BCUT2D eigenvalue weighted by molar-refractivity contribution is 0.0696. The Morgan fingerprint density at radius 1 is 1.25 bits per heavy atom. The van der Waals surface area contributed by atoms with Crippen molar-refractivity contribution in [3.05, 3.63) is 64.7 Å². The van der Waals surface area contributed by atoms with Crippen molar-refractivity contribution in [1.82, 2.24) is 0 Å². The van der Waals surface area contributed by atoms with Gasteiger partial charge in [0.25, 0.3) is 0 Å². The molecule has 0 aliphatic heterocycles. The van der Waals surface area contributed by atoms with E-state index in [-0.39, 0.29) is 23.5 Å². The molecule has 0 saturated carbocycles. The fourth-order valence-electron chi connectivity index (χ4n) is 1.68. The number of carbonyl (C=O) groups is 1. The van der Waals surface area contributed by atoms with Crippen LogP contribution in [0.25, 0.3) is 0 Å². The van der Waals surface area contributed by atoms with Gasteiger partial charge < -0.3 is 9.84 Å². The van der Waals surface area contributed by atoms with Crippen LogP contribution in [-0.2, 0) is 6.61 Å². The van der Waals surface area contributed by atoms with Crippen LogP contribution in [0.4, 0.5) is 8.78 Å². The van der Waals surface area contributed by atoms with Gasteiger partial charge in [-0.1, -0.05) is 18.2 Å². The standard InChI is InChI=1S/C15H12F2O3/c1-9-3-2-4-13(14(9)17)20-8-11-6-5-10(15(18)19)7-12(11)16/h2-7H,8H2,1H3,(H,18,19). The maximum Gasteiger partial charge on any atom is 0.335 e. The Labute approximate surface area is 114 Å². The second-order valence-electron chi connectivity index (χ2n) is 4.29. The zero-order valence-corrected chi connectivity index (χ0v) is 10.7. The van der Waals surface area contributed by atoms with Crippen molar-refractivity contribution in [3.8, 4) is 5.75 Å². The highest BCUT2D eigenvalue weighted by molar-refractivity contribution is 5.87. The largest absolute Gasteiger partial charge is 0.486 e. The maximum absolute atomic E-state index is 13.7. The van der Waals surface area contributed by atoms with E-state index in [0.717, 1.165) is 6.07 Å². The van der Waals surface area contributed by atoms with Gasteiger partial charge in [-0.3, -0.25) is 0 Å². The van der Waals surface area contributed by atoms with E-state index in [2.05, 4.69) is 0 Å². The highest BCUT2D eigenvalue weighted by Crippen LogP contribution is 2.21. The van der Waals surface area contributed by atoms with Crippen molar-refractivity contribution < 1.29 is 23.4 Å². The molecule has 0 fully saturated rings. The molecule has 1 N–H and O–H groups in total. The predicted molar refractivity (Wildman–Crippen MR) is 68.8 cm³/mol. The monoisotopic (exact) mass is 278 g/mol. The van der Waals surface area contributed by atoms with Crippen LogP contribution in [0.15, 0.2) is 36.4 Å². The van der Waals surface area contributed by atoms with Gasteiger partial charge in [0.1, 0.15) is 12.4 Å². The van der Waals surface area contributed by atoms with Crippen LogP contribution in [0.5, 0.6) is 5.75 Å². The number of halogens is 2. The average molecular weight is 278 g/mol. The lowest BCUT2D eigenvalue weighted by atomic mass is 10.1. The van der Waals surface area contributed by atoms with E-state index in [9.17, 15) is 13.6 Å². The number of hydrogen-bond acceptors (Lipinski definition) is 2. The molecule has 0 bridgehead atoms. The summed E-state index contributed by atoms with van der Waals surface area (Å²) in [5.74, 6) is -2.36. The zero-order valence-electron chi connectivity index (χ0n) is 10.7. The van der Waals surface area contributed by atoms with Crippen LogP contribution in [0.2, 0.25) is 0 Å². The summed E-state index contributed by atoms with van der Waals surface area (Å²) in [4.78, 5) is 10.7. The molecule has 0 amide bonds. The summed E-state index contributed by atoms with van der Waals surface area (Å²) in [5, 5.41) is 8.73. The van der Waals surface area contributed by atoms with Gasteiger partial charge >= 0.3 is 5.97 Å². The van der Waals surface area contributed by atoms with E-state index >= 15 is 0 Å². The van der Waals surface area contributed by atoms with E-state index in [1.807, 2.05) is 0 Å². The molecule has 0 saturated heterocycles. The van der Waals surface area contributed by atoms with Gasteiger partial charge in [-0.2, -0.15) is 0 Å². The lowest BCUT2D eigenvalue weighted by Crippen LogP contribution is -2.03. The van der Waals surface area contributed by atoms with Gasteiger partial charge in [0.05, 0.1) is 5.56 Å². The number of carboxylic acid groups (broad SMARTS) is 1. The van der Waals surface area contributed by atoms with Crippen LogP contribution in [0.3, 0.4) is 0 Å². The molecule has 0 spiro atoms. The van der Waals surface area contributed by atoms with Gasteiger partial charge in [-0.05, 0) is 30.7 Å². The number of benzene rings is 2. The van der Waals surface area contributed by atoms with E-state index in [0.29, 0.717) is 5.56 Å². The maximum atomic E-state index is 13.7. The molecule has 3 nitrogen and oxygen atoms in total. The molecule has 2 rings (SSSR count). The van der Waals surface area contributed by atoms with Crippen LogP contribution in [-0.4, -0.2) is 11.1 Å². The van der Waals surface area contributed by atoms with Crippen LogP contribution >= 0.6 is 0 Å². The summed E-state index contributed by atoms with van der Waals surface area (Å²) in [5.41, 5.74) is 0.452. The van der Waals surface area contributed by atoms with E-state index < -0.39 is 17.6 Å². The van der Waals surface area contributed by atoms with Crippen molar-refractivity contribution in [2.75, 3.05) is 0 Å². The van der Waals surface area contributed by atoms with Crippen molar-refractivity contribution >= 4 is 5.97 Å². The molecule has 0 radical (unpaired) electrons. The smallest absolute Gasteiger partial charge is 0.335 e. The third-order valence-corrected chi connectivity index (χ3v) is 2.84. The van der Waals surface area contributed by atoms with E-state index in [4.69, 9.17) is 9.84 Å². The van der Waals surface area contributed by atoms with Crippen molar-refractivity contribution in [2.45, 2.75) is 13.5 Å². The normalized spacial score (nSPS) is 10.3.